The van der Waals surface area contributed by atoms with E-state index in [-0.39, 0.29) is 38.8 Å². The number of aryl methyl sites for hydroxylation is 4. The van der Waals surface area contributed by atoms with E-state index in [1.165, 1.54) is 26.0 Å². The highest BCUT2D eigenvalue weighted by molar-refractivity contribution is 5.95. The maximum Gasteiger partial charge on any atom is 0.273 e. The van der Waals surface area contributed by atoms with E-state index in [2.05, 4.69) is 10.2 Å². The van der Waals surface area contributed by atoms with Gasteiger partial charge in [-0.15, -0.1) is 0 Å². The summed E-state index contributed by atoms with van der Waals surface area (Å²) < 4.78 is 26.0. The zero-order valence-corrected chi connectivity index (χ0v) is 22.1. The maximum absolute atomic E-state index is 13.1. The minimum absolute atomic E-state index is 0.141. The topological polar surface area (TPSA) is 149 Å². The second kappa shape index (κ2) is 12.6. The zero-order chi connectivity index (χ0) is 29.6. The standard InChI is InChI=1S/C9H8FNO3.C9H9FO.C9H9N3O2/c1-5-3-8(10)7(6(2)12)4-9(5)11(13)14;1-6-3-4-8(7(2)11)9(10)5-6;1-5-3-8-7(6(2)10-11-8)4-9(5)12(13)14/h3-4H,1-2H3;3-5H,1-2H3;3-4H,1-2H3,(H,10,11). The highest BCUT2D eigenvalue weighted by atomic mass is 19.1. The maximum atomic E-state index is 13.1. The number of Topliss-reactive ketones (excluding diaryl/α,β-unsaturated/α-hetero) is 2. The molecule has 0 unspecified atom stereocenters. The van der Waals surface area contributed by atoms with Gasteiger partial charge >= 0.3 is 0 Å². The van der Waals surface area contributed by atoms with Crippen LogP contribution in [-0.2, 0) is 0 Å². The Labute approximate surface area is 222 Å². The second-order valence-electron chi connectivity index (χ2n) is 8.73. The number of carbonyl (C=O) groups excluding carboxylic acids is 2. The van der Waals surface area contributed by atoms with Gasteiger partial charge in [-0.2, -0.15) is 5.10 Å². The van der Waals surface area contributed by atoms with Gasteiger partial charge < -0.3 is 0 Å². The summed E-state index contributed by atoms with van der Waals surface area (Å²) in [6, 6.07) is 9.83. The molecule has 204 valence electrons. The van der Waals surface area contributed by atoms with Gasteiger partial charge in [0.05, 0.1) is 26.5 Å². The lowest BCUT2D eigenvalue weighted by atomic mass is 10.1. The Bertz CT molecular complexity index is 1560. The summed E-state index contributed by atoms with van der Waals surface area (Å²) in [7, 11) is 0. The number of H-pyrrole nitrogens is 1. The average molecular weight is 541 g/mol. The number of aromatic amines is 1. The van der Waals surface area contributed by atoms with Crippen molar-refractivity contribution in [3.63, 3.8) is 0 Å². The highest BCUT2D eigenvalue weighted by Gasteiger charge is 2.17. The van der Waals surface area contributed by atoms with E-state index in [1.54, 1.807) is 32.0 Å². The number of nitro benzene ring substituents is 2. The summed E-state index contributed by atoms with van der Waals surface area (Å²) in [5, 5.41) is 28.8. The summed E-state index contributed by atoms with van der Waals surface area (Å²) in [5.74, 6) is -1.91. The molecule has 1 aromatic heterocycles. The first kappa shape index (κ1) is 30.4. The number of benzene rings is 3. The average Bonchev–Trinajstić information content (AvgIpc) is 3.17. The molecule has 0 bridgehead atoms. The molecule has 0 aliphatic heterocycles. The van der Waals surface area contributed by atoms with E-state index in [4.69, 9.17) is 0 Å². The van der Waals surface area contributed by atoms with Crippen molar-refractivity contribution in [3.8, 4) is 0 Å². The van der Waals surface area contributed by atoms with Gasteiger partial charge in [0, 0.05) is 34.3 Å². The molecule has 39 heavy (non-hydrogen) atoms. The third-order valence-electron chi connectivity index (χ3n) is 5.62. The molecular formula is C27H26F2N4O6. The Hall–Kier alpha value is -4.87. The zero-order valence-electron chi connectivity index (χ0n) is 22.1. The summed E-state index contributed by atoms with van der Waals surface area (Å²) in [4.78, 5) is 41.8. The molecule has 0 aliphatic rings. The summed E-state index contributed by atoms with van der Waals surface area (Å²) in [5.41, 5.74) is 3.10. The number of ketones is 2. The van der Waals surface area contributed by atoms with Crippen molar-refractivity contribution >= 4 is 33.8 Å². The summed E-state index contributed by atoms with van der Waals surface area (Å²) >= 11 is 0. The molecule has 0 saturated carbocycles. The Kier molecular flexibility index (Phi) is 9.80. The van der Waals surface area contributed by atoms with Crippen LogP contribution in [0.4, 0.5) is 20.2 Å². The first-order valence-corrected chi connectivity index (χ1v) is 11.5. The predicted molar refractivity (Wildman–Crippen MR) is 141 cm³/mol. The van der Waals surface area contributed by atoms with E-state index in [0.29, 0.717) is 5.56 Å². The SMILES string of the molecule is CC(=O)c1cc([N+](=O)[O-])c(C)cc1F.CC(=O)c1ccc(C)cc1F.Cc1cc2n[nH]c(C)c2cc1[N+](=O)[O-]. The van der Waals surface area contributed by atoms with Crippen molar-refractivity contribution in [2.24, 2.45) is 0 Å². The Morgan fingerprint density at radius 2 is 1.28 bits per heavy atom. The highest BCUT2D eigenvalue weighted by Crippen LogP contribution is 2.25. The lowest BCUT2D eigenvalue weighted by Crippen LogP contribution is -2.01. The van der Waals surface area contributed by atoms with Gasteiger partial charge in [0.1, 0.15) is 11.6 Å². The van der Waals surface area contributed by atoms with Crippen LogP contribution >= 0.6 is 0 Å². The van der Waals surface area contributed by atoms with Crippen LogP contribution in [0.3, 0.4) is 0 Å². The number of nitrogens with zero attached hydrogens (tertiary/aromatic N) is 3. The van der Waals surface area contributed by atoms with Gasteiger partial charge in [-0.1, -0.05) is 6.07 Å². The molecule has 0 atom stereocenters. The molecule has 0 aliphatic carbocycles. The molecule has 0 saturated heterocycles. The third kappa shape index (κ3) is 7.57. The van der Waals surface area contributed by atoms with E-state index < -0.39 is 22.3 Å². The van der Waals surface area contributed by atoms with Gasteiger partial charge in [0.25, 0.3) is 11.4 Å². The number of hydrogen-bond donors (Lipinski definition) is 1. The minimum Gasteiger partial charge on any atom is -0.294 e. The number of aromatic nitrogens is 2. The van der Waals surface area contributed by atoms with E-state index in [0.717, 1.165) is 41.2 Å². The number of nitro groups is 2. The first-order chi connectivity index (χ1) is 18.1. The molecule has 0 spiro atoms. The van der Waals surface area contributed by atoms with Crippen LogP contribution < -0.4 is 0 Å². The van der Waals surface area contributed by atoms with Crippen molar-refractivity contribution in [2.75, 3.05) is 0 Å². The molecular weight excluding hydrogens is 514 g/mol. The number of hydrogen-bond acceptors (Lipinski definition) is 7. The quantitative estimate of drug-likeness (QED) is 0.173. The molecule has 12 heteroatoms. The molecule has 0 radical (unpaired) electrons. The molecule has 10 nitrogen and oxygen atoms in total. The Morgan fingerprint density at radius 3 is 1.79 bits per heavy atom. The largest absolute Gasteiger partial charge is 0.294 e. The fraction of sp³-hybridized carbons (Fsp3) is 0.222. The summed E-state index contributed by atoms with van der Waals surface area (Å²) in [6.07, 6.45) is 0. The molecule has 3 aromatic carbocycles. The van der Waals surface area contributed by atoms with Crippen LogP contribution in [-0.4, -0.2) is 31.6 Å². The van der Waals surface area contributed by atoms with E-state index in [1.807, 2.05) is 6.92 Å². The number of rotatable bonds is 4. The van der Waals surface area contributed by atoms with Crippen LogP contribution in [0.2, 0.25) is 0 Å². The second-order valence-corrected chi connectivity index (χ2v) is 8.73. The number of carbonyl (C=O) groups is 2. The van der Waals surface area contributed by atoms with Crippen molar-refractivity contribution in [1.29, 1.82) is 0 Å². The van der Waals surface area contributed by atoms with Crippen LogP contribution in [0.25, 0.3) is 10.9 Å². The smallest absolute Gasteiger partial charge is 0.273 e. The lowest BCUT2D eigenvalue weighted by molar-refractivity contribution is -0.385. The van der Waals surface area contributed by atoms with Crippen molar-refractivity contribution in [1.82, 2.24) is 10.2 Å². The summed E-state index contributed by atoms with van der Waals surface area (Å²) in [6.45, 7) is 9.28. The van der Waals surface area contributed by atoms with Gasteiger partial charge in [0.15, 0.2) is 11.6 Å². The monoisotopic (exact) mass is 540 g/mol. The normalized spacial score (nSPS) is 10.2. The van der Waals surface area contributed by atoms with Gasteiger partial charge in [-0.3, -0.25) is 34.9 Å². The Balaban J connectivity index is 0.000000207. The van der Waals surface area contributed by atoms with E-state index >= 15 is 0 Å². The van der Waals surface area contributed by atoms with Gasteiger partial charge in [-0.05, 0) is 71.4 Å². The van der Waals surface area contributed by atoms with Crippen LogP contribution in [0.15, 0.2) is 42.5 Å². The van der Waals surface area contributed by atoms with Crippen molar-refractivity contribution < 1.29 is 28.2 Å². The van der Waals surface area contributed by atoms with Crippen LogP contribution in [0, 0.1) is 59.6 Å². The van der Waals surface area contributed by atoms with Crippen molar-refractivity contribution in [3.05, 3.63) is 108 Å². The van der Waals surface area contributed by atoms with Crippen molar-refractivity contribution in [2.45, 2.75) is 41.5 Å². The molecule has 1 N–H and O–H groups in total. The molecule has 1 heterocycles. The molecule has 4 rings (SSSR count). The number of nitrogens with one attached hydrogen (secondary N) is 1. The Morgan fingerprint density at radius 1 is 0.769 bits per heavy atom. The van der Waals surface area contributed by atoms with Gasteiger partial charge in [-0.25, -0.2) is 8.78 Å². The first-order valence-electron chi connectivity index (χ1n) is 11.5. The molecule has 0 fully saturated rings. The van der Waals surface area contributed by atoms with Gasteiger partial charge in [0.2, 0.25) is 0 Å². The number of fused-ring (bicyclic) bond motifs is 1. The number of halogens is 2. The third-order valence-corrected chi connectivity index (χ3v) is 5.62. The molecule has 0 amide bonds. The van der Waals surface area contributed by atoms with Crippen LogP contribution in [0.1, 0.15) is 56.9 Å². The fourth-order valence-corrected chi connectivity index (χ4v) is 3.51. The lowest BCUT2D eigenvalue weighted by Gasteiger charge is -2.01. The molecule has 4 aromatic rings. The minimum atomic E-state index is -0.722. The predicted octanol–water partition coefficient (Wildman–Crippen LogP) is 6.67. The fourth-order valence-electron chi connectivity index (χ4n) is 3.51. The van der Waals surface area contributed by atoms with E-state index in [9.17, 15) is 38.6 Å². The van der Waals surface area contributed by atoms with Crippen LogP contribution in [0.5, 0.6) is 0 Å².